The molecule has 0 bridgehead atoms. The third-order valence-corrected chi connectivity index (χ3v) is 4.91. The molecule has 1 heterocycles. The zero-order valence-electron chi connectivity index (χ0n) is 16.7. The Kier molecular flexibility index (Phi) is 5.87. The standard InChI is InChI=1S/C22H26N2O4/c1-14-10-11-15(2)21-19(14)20(23-16(3)25)22(26)24(21)12-7-13-28-18-9-6-5-8-17(18)27-4/h5-6,8-11,20H,7,12-13H2,1-4H3,(H,23,25)/t20-/m1/s1. The van der Waals surface area contributed by atoms with Gasteiger partial charge in [0.05, 0.1) is 19.4 Å². The molecule has 2 amide bonds. The lowest BCUT2D eigenvalue weighted by Crippen LogP contribution is -2.37. The first-order valence-electron chi connectivity index (χ1n) is 9.38. The highest BCUT2D eigenvalue weighted by Gasteiger charge is 2.39. The monoisotopic (exact) mass is 382 g/mol. The number of ether oxygens (including phenoxy) is 2. The normalized spacial score (nSPS) is 15.4. The van der Waals surface area contributed by atoms with Crippen molar-refractivity contribution in [3.8, 4) is 11.5 Å². The zero-order chi connectivity index (χ0) is 20.3. The molecule has 1 aliphatic rings. The fourth-order valence-electron chi connectivity index (χ4n) is 3.63. The summed E-state index contributed by atoms with van der Waals surface area (Å²) in [5.74, 6) is 1.05. The van der Waals surface area contributed by atoms with Crippen molar-refractivity contribution >= 4 is 17.5 Å². The van der Waals surface area contributed by atoms with E-state index in [1.807, 2.05) is 50.2 Å². The molecule has 6 nitrogen and oxygen atoms in total. The average molecular weight is 382 g/mol. The second-order valence-electron chi connectivity index (χ2n) is 6.94. The quantitative estimate of drug-likeness (QED) is 0.746. The predicted octanol–water partition coefficient (Wildman–Crippen LogP) is 3.30. The molecule has 1 N–H and O–H groups in total. The van der Waals surface area contributed by atoms with Crippen molar-refractivity contribution in [3.05, 3.63) is 53.1 Å². The summed E-state index contributed by atoms with van der Waals surface area (Å²) >= 11 is 0. The van der Waals surface area contributed by atoms with Crippen molar-refractivity contribution < 1.29 is 19.1 Å². The number of para-hydroxylation sites is 2. The molecule has 2 aromatic rings. The zero-order valence-corrected chi connectivity index (χ0v) is 16.7. The molecular weight excluding hydrogens is 356 g/mol. The molecule has 1 atom stereocenters. The van der Waals surface area contributed by atoms with Crippen molar-refractivity contribution in [2.45, 2.75) is 33.2 Å². The number of methoxy groups -OCH3 is 1. The number of rotatable bonds is 7. The molecule has 148 valence electrons. The molecule has 28 heavy (non-hydrogen) atoms. The van der Waals surface area contributed by atoms with E-state index in [1.165, 1.54) is 6.92 Å². The van der Waals surface area contributed by atoms with Gasteiger partial charge in [0.1, 0.15) is 6.04 Å². The van der Waals surface area contributed by atoms with Gasteiger partial charge in [0, 0.05) is 19.0 Å². The topological polar surface area (TPSA) is 67.9 Å². The first-order chi connectivity index (χ1) is 13.4. The van der Waals surface area contributed by atoms with Crippen LogP contribution in [0.4, 0.5) is 5.69 Å². The third kappa shape index (κ3) is 3.81. The summed E-state index contributed by atoms with van der Waals surface area (Å²) in [6, 6.07) is 10.9. The minimum Gasteiger partial charge on any atom is -0.493 e. The maximum Gasteiger partial charge on any atom is 0.254 e. The number of anilines is 1. The molecule has 0 radical (unpaired) electrons. The van der Waals surface area contributed by atoms with E-state index in [2.05, 4.69) is 5.32 Å². The summed E-state index contributed by atoms with van der Waals surface area (Å²) in [6.45, 7) is 6.35. The number of nitrogens with one attached hydrogen (secondary N) is 1. The van der Waals surface area contributed by atoms with Gasteiger partial charge in [0.2, 0.25) is 5.91 Å². The molecular formula is C22H26N2O4. The molecule has 3 rings (SSSR count). The van der Waals surface area contributed by atoms with Crippen molar-refractivity contribution in [1.82, 2.24) is 5.32 Å². The summed E-state index contributed by atoms with van der Waals surface area (Å²) in [7, 11) is 1.61. The van der Waals surface area contributed by atoms with Crippen LogP contribution >= 0.6 is 0 Å². The number of nitrogens with zero attached hydrogens (tertiary/aromatic N) is 1. The molecule has 6 heteroatoms. The van der Waals surface area contributed by atoms with Crippen LogP contribution in [0, 0.1) is 13.8 Å². The van der Waals surface area contributed by atoms with Gasteiger partial charge in [0.15, 0.2) is 11.5 Å². The van der Waals surface area contributed by atoms with Gasteiger partial charge in [0.25, 0.3) is 5.91 Å². The Morgan fingerprint density at radius 1 is 1.11 bits per heavy atom. The van der Waals surface area contributed by atoms with E-state index < -0.39 is 6.04 Å². The van der Waals surface area contributed by atoms with Gasteiger partial charge in [-0.25, -0.2) is 0 Å². The lowest BCUT2D eigenvalue weighted by Gasteiger charge is -2.20. The van der Waals surface area contributed by atoms with Crippen LogP contribution in [0.5, 0.6) is 11.5 Å². The van der Waals surface area contributed by atoms with Gasteiger partial charge in [-0.2, -0.15) is 0 Å². The fraction of sp³-hybridized carbons (Fsp3) is 0.364. The smallest absolute Gasteiger partial charge is 0.254 e. The molecule has 0 fully saturated rings. The van der Waals surface area contributed by atoms with E-state index in [0.717, 1.165) is 22.4 Å². The van der Waals surface area contributed by atoms with E-state index in [-0.39, 0.29) is 11.8 Å². The van der Waals surface area contributed by atoms with Crippen LogP contribution in [-0.4, -0.2) is 32.1 Å². The number of carbonyl (C=O) groups is 2. The summed E-state index contributed by atoms with van der Waals surface area (Å²) < 4.78 is 11.1. The van der Waals surface area contributed by atoms with Gasteiger partial charge < -0.3 is 19.7 Å². The second kappa shape index (κ2) is 8.33. The largest absolute Gasteiger partial charge is 0.493 e. The van der Waals surface area contributed by atoms with Gasteiger partial charge in [-0.3, -0.25) is 9.59 Å². The Hall–Kier alpha value is -3.02. The van der Waals surface area contributed by atoms with Crippen LogP contribution in [0.25, 0.3) is 0 Å². The first-order valence-corrected chi connectivity index (χ1v) is 9.38. The van der Waals surface area contributed by atoms with Crippen molar-refractivity contribution in [3.63, 3.8) is 0 Å². The molecule has 1 aliphatic heterocycles. The van der Waals surface area contributed by atoms with Crippen molar-refractivity contribution in [2.24, 2.45) is 0 Å². The third-order valence-electron chi connectivity index (χ3n) is 4.91. The Morgan fingerprint density at radius 3 is 2.46 bits per heavy atom. The van der Waals surface area contributed by atoms with E-state index in [9.17, 15) is 9.59 Å². The van der Waals surface area contributed by atoms with Crippen molar-refractivity contribution in [1.29, 1.82) is 0 Å². The Bertz CT molecular complexity index is 894. The molecule has 0 saturated heterocycles. The predicted molar refractivity (Wildman–Crippen MR) is 108 cm³/mol. The molecule has 0 aromatic heterocycles. The minimum absolute atomic E-state index is 0.0973. The molecule has 2 aromatic carbocycles. The summed E-state index contributed by atoms with van der Waals surface area (Å²) in [5.41, 5.74) is 3.82. The number of carbonyl (C=O) groups excluding carboxylic acids is 2. The lowest BCUT2D eigenvalue weighted by molar-refractivity contribution is -0.126. The second-order valence-corrected chi connectivity index (χ2v) is 6.94. The number of fused-ring (bicyclic) bond motifs is 1. The lowest BCUT2D eigenvalue weighted by atomic mass is 9.99. The van der Waals surface area contributed by atoms with E-state index >= 15 is 0 Å². The maximum atomic E-state index is 13.0. The average Bonchev–Trinajstić information content (AvgIpc) is 2.95. The SMILES string of the molecule is COc1ccccc1OCCCN1C(=O)[C@H](NC(C)=O)c2c(C)ccc(C)c21. The number of aryl methyl sites for hydroxylation is 2. The van der Waals surface area contributed by atoms with E-state index in [1.54, 1.807) is 12.0 Å². The summed E-state index contributed by atoms with van der Waals surface area (Å²) in [4.78, 5) is 26.4. The van der Waals surface area contributed by atoms with Crippen molar-refractivity contribution in [2.75, 3.05) is 25.2 Å². The van der Waals surface area contributed by atoms with Crippen LogP contribution in [-0.2, 0) is 9.59 Å². The Labute approximate surface area is 165 Å². The number of hydrogen-bond acceptors (Lipinski definition) is 4. The van der Waals surface area contributed by atoms with Gasteiger partial charge in [-0.1, -0.05) is 24.3 Å². The highest BCUT2D eigenvalue weighted by molar-refractivity contribution is 6.07. The van der Waals surface area contributed by atoms with E-state index in [4.69, 9.17) is 9.47 Å². The molecule has 0 saturated carbocycles. The summed E-state index contributed by atoms with van der Waals surface area (Å²) in [5, 5.41) is 2.80. The summed E-state index contributed by atoms with van der Waals surface area (Å²) in [6.07, 6.45) is 0.656. The minimum atomic E-state index is -0.623. The maximum absolute atomic E-state index is 13.0. The number of amides is 2. The van der Waals surface area contributed by atoms with Crippen LogP contribution < -0.4 is 19.7 Å². The van der Waals surface area contributed by atoms with Gasteiger partial charge >= 0.3 is 0 Å². The number of benzene rings is 2. The molecule has 0 aliphatic carbocycles. The van der Waals surface area contributed by atoms with E-state index in [0.29, 0.717) is 31.1 Å². The van der Waals surface area contributed by atoms with Crippen LogP contribution in [0.15, 0.2) is 36.4 Å². The fourth-order valence-corrected chi connectivity index (χ4v) is 3.63. The first kappa shape index (κ1) is 19.7. The van der Waals surface area contributed by atoms with Crippen LogP contribution in [0.2, 0.25) is 0 Å². The molecule has 0 spiro atoms. The van der Waals surface area contributed by atoms with Gasteiger partial charge in [-0.15, -0.1) is 0 Å². The van der Waals surface area contributed by atoms with Crippen LogP contribution in [0.3, 0.4) is 0 Å². The Morgan fingerprint density at radius 2 is 1.79 bits per heavy atom. The van der Waals surface area contributed by atoms with Crippen LogP contribution in [0.1, 0.15) is 36.1 Å². The Balaban J connectivity index is 1.73. The highest BCUT2D eigenvalue weighted by atomic mass is 16.5. The molecule has 0 unspecified atom stereocenters. The van der Waals surface area contributed by atoms with Gasteiger partial charge in [-0.05, 0) is 43.5 Å². The number of hydrogen-bond donors (Lipinski definition) is 1. The highest BCUT2D eigenvalue weighted by Crippen LogP contribution is 2.40.